The minimum Gasteiger partial charge on any atom is -0.321 e. The van der Waals surface area contributed by atoms with E-state index in [1.54, 1.807) is 11.3 Å². The van der Waals surface area contributed by atoms with E-state index in [0.29, 0.717) is 0 Å². The number of anilines is 1. The zero-order valence-electron chi connectivity index (χ0n) is 8.74. The second kappa shape index (κ2) is 4.13. The Morgan fingerprint density at radius 2 is 2.18 bits per heavy atom. The van der Waals surface area contributed by atoms with Gasteiger partial charge in [0.2, 0.25) is 0 Å². The molecule has 0 atom stereocenters. The highest BCUT2D eigenvalue weighted by Crippen LogP contribution is 2.35. The molecule has 0 fully saturated rings. The van der Waals surface area contributed by atoms with Crippen LogP contribution >= 0.6 is 27.3 Å². The number of nitrogens with one attached hydrogen (secondary N) is 1. The van der Waals surface area contributed by atoms with Gasteiger partial charge in [-0.25, -0.2) is 0 Å². The second-order valence-electron chi connectivity index (χ2n) is 3.72. The zero-order valence-corrected chi connectivity index (χ0v) is 11.1. The van der Waals surface area contributed by atoms with E-state index in [9.17, 15) is 4.79 Å². The first-order chi connectivity index (χ1) is 8.24. The lowest BCUT2D eigenvalue weighted by Crippen LogP contribution is -2.03. The molecule has 0 spiro atoms. The minimum absolute atomic E-state index is 0.0356. The van der Waals surface area contributed by atoms with Crippen LogP contribution in [0.2, 0.25) is 0 Å². The molecule has 84 valence electrons. The van der Waals surface area contributed by atoms with Gasteiger partial charge in [0.15, 0.2) is 0 Å². The Morgan fingerprint density at radius 1 is 1.29 bits per heavy atom. The maximum Gasteiger partial charge on any atom is 0.256 e. The van der Waals surface area contributed by atoms with Gasteiger partial charge in [0, 0.05) is 20.6 Å². The van der Waals surface area contributed by atoms with Gasteiger partial charge in [-0.15, -0.1) is 11.3 Å². The van der Waals surface area contributed by atoms with E-state index in [-0.39, 0.29) is 5.91 Å². The summed E-state index contributed by atoms with van der Waals surface area (Å²) < 4.78 is 0.977. The average Bonchev–Trinajstić information content (AvgIpc) is 2.90. The summed E-state index contributed by atoms with van der Waals surface area (Å²) in [4.78, 5) is 13.0. The van der Waals surface area contributed by atoms with Crippen molar-refractivity contribution in [3.05, 3.63) is 50.6 Å². The van der Waals surface area contributed by atoms with E-state index in [4.69, 9.17) is 0 Å². The predicted molar refractivity (Wildman–Crippen MR) is 75.0 cm³/mol. The fourth-order valence-electron chi connectivity index (χ4n) is 1.82. The first-order valence-electron chi connectivity index (χ1n) is 5.10. The number of thiophene rings is 1. The Kier molecular flexibility index (Phi) is 2.61. The molecule has 1 aliphatic heterocycles. The van der Waals surface area contributed by atoms with Crippen LogP contribution in [0.1, 0.15) is 10.4 Å². The van der Waals surface area contributed by atoms with Crippen molar-refractivity contribution in [3.8, 4) is 0 Å². The molecule has 0 saturated carbocycles. The molecule has 0 aliphatic carbocycles. The van der Waals surface area contributed by atoms with E-state index in [1.165, 1.54) is 0 Å². The molecular formula is C13H8BrNOS. The smallest absolute Gasteiger partial charge is 0.256 e. The monoisotopic (exact) mass is 305 g/mol. The molecule has 2 nitrogen and oxygen atoms in total. The number of rotatable bonds is 1. The largest absolute Gasteiger partial charge is 0.321 e. The number of hydrogen-bond acceptors (Lipinski definition) is 2. The van der Waals surface area contributed by atoms with Crippen LogP contribution in [0.15, 0.2) is 40.2 Å². The van der Waals surface area contributed by atoms with Gasteiger partial charge < -0.3 is 5.32 Å². The van der Waals surface area contributed by atoms with Gasteiger partial charge in [-0.05, 0) is 35.7 Å². The van der Waals surface area contributed by atoms with E-state index in [1.807, 2.05) is 41.8 Å². The molecule has 2 heterocycles. The van der Waals surface area contributed by atoms with Crippen molar-refractivity contribution in [2.24, 2.45) is 0 Å². The van der Waals surface area contributed by atoms with Crippen molar-refractivity contribution in [1.29, 1.82) is 0 Å². The minimum atomic E-state index is -0.0356. The molecular weight excluding hydrogens is 298 g/mol. The number of benzene rings is 1. The van der Waals surface area contributed by atoms with Gasteiger partial charge in [-0.2, -0.15) is 0 Å². The fourth-order valence-corrected chi connectivity index (χ4v) is 2.84. The van der Waals surface area contributed by atoms with Gasteiger partial charge in [0.1, 0.15) is 0 Å². The summed E-state index contributed by atoms with van der Waals surface area (Å²) in [5.41, 5.74) is 2.56. The zero-order chi connectivity index (χ0) is 11.8. The Morgan fingerprint density at radius 3 is 2.94 bits per heavy atom. The summed E-state index contributed by atoms with van der Waals surface area (Å²) in [6.45, 7) is 0. The molecule has 0 bridgehead atoms. The highest BCUT2D eigenvalue weighted by atomic mass is 79.9. The summed E-state index contributed by atoms with van der Waals surface area (Å²) in [6.07, 6.45) is 1.93. The lowest BCUT2D eigenvalue weighted by Gasteiger charge is -1.98. The van der Waals surface area contributed by atoms with Crippen LogP contribution in [-0.4, -0.2) is 5.91 Å². The lowest BCUT2D eigenvalue weighted by atomic mass is 10.1. The van der Waals surface area contributed by atoms with Crippen LogP contribution in [-0.2, 0) is 4.79 Å². The van der Waals surface area contributed by atoms with Crippen LogP contribution < -0.4 is 5.32 Å². The van der Waals surface area contributed by atoms with Crippen molar-refractivity contribution in [2.45, 2.75) is 0 Å². The van der Waals surface area contributed by atoms with Crippen LogP contribution in [0.4, 0.5) is 5.69 Å². The van der Waals surface area contributed by atoms with Crippen molar-refractivity contribution >= 4 is 50.5 Å². The first kappa shape index (κ1) is 10.7. The number of hydrogen-bond donors (Lipinski definition) is 1. The highest BCUT2D eigenvalue weighted by Gasteiger charge is 2.24. The molecule has 0 saturated heterocycles. The molecule has 4 heteroatoms. The summed E-state index contributed by atoms with van der Waals surface area (Å²) in [7, 11) is 0. The van der Waals surface area contributed by atoms with E-state index < -0.39 is 0 Å². The predicted octanol–water partition coefficient (Wildman–Crippen LogP) is 4.00. The summed E-state index contributed by atoms with van der Waals surface area (Å²) in [6, 6.07) is 9.78. The van der Waals surface area contributed by atoms with E-state index in [2.05, 4.69) is 21.2 Å². The first-order valence-corrected chi connectivity index (χ1v) is 6.78. The molecule has 0 unspecified atom stereocenters. The summed E-state index contributed by atoms with van der Waals surface area (Å²) >= 11 is 5.05. The van der Waals surface area contributed by atoms with Crippen LogP contribution in [0.3, 0.4) is 0 Å². The number of amides is 1. The number of fused-ring (bicyclic) bond motifs is 1. The normalized spacial score (nSPS) is 16.1. The van der Waals surface area contributed by atoms with Gasteiger partial charge in [0.05, 0.1) is 5.57 Å². The van der Waals surface area contributed by atoms with Gasteiger partial charge in [-0.1, -0.05) is 22.0 Å². The molecule has 17 heavy (non-hydrogen) atoms. The number of halogens is 1. The maximum absolute atomic E-state index is 11.9. The maximum atomic E-state index is 11.9. The van der Waals surface area contributed by atoms with Crippen molar-refractivity contribution in [2.75, 3.05) is 5.32 Å². The Bertz CT molecular complexity index is 616. The molecule has 1 N–H and O–H groups in total. The standard InChI is InChI=1S/C13H8BrNOS/c14-8-3-4-12-10(6-8)11(13(16)15-12)7-9-2-1-5-17-9/h1-7H,(H,15,16)/b11-7-. The van der Waals surface area contributed by atoms with Gasteiger partial charge >= 0.3 is 0 Å². The van der Waals surface area contributed by atoms with Crippen molar-refractivity contribution in [3.63, 3.8) is 0 Å². The molecule has 1 amide bonds. The molecule has 1 aromatic carbocycles. The summed E-state index contributed by atoms with van der Waals surface area (Å²) in [5, 5.41) is 4.86. The summed E-state index contributed by atoms with van der Waals surface area (Å²) in [5.74, 6) is -0.0356. The molecule has 3 rings (SSSR count). The fraction of sp³-hybridized carbons (Fsp3) is 0. The Labute approximate surface area is 111 Å². The van der Waals surface area contributed by atoms with E-state index in [0.717, 1.165) is 26.2 Å². The molecule has 1 aliphatic rings. The SMILES string of the molecule is O=C1Nc2ccc(Br)cc2/C1=C/c1cccs1. The third-order valence-electron chi connectivity index (χ3n) is 2.59. The van der Waals surface area contributed by atoms with Crippen LogP contribution in [0.5, 0.6) is 0 Å². The average molecular weight is 306 g/mol. The van der Waals surface area contributed by atoms with Crippen molar-refractivity contribution in [1.82, 2.24) is 0 Å². The van der Waals surface area contributed by atoms with Gasteiger partial charge in [0.25, 0.3) is 5.91 Å². The molecule has 1 aromatic heterocycles. The van der Waals surface area contributed by atoms with Crippen LogP contribution in [0.25, 0.3) is 11.6 Å². The third kappa shape index (κ3) is 1.94. The van der Waals surface area contributed by atoms with Crippen molar-refractivity contribution < 1.29 is 4.79 Å². The number of carbonyl (C=O) groups excluding carboxylic acids is 1. The lowest BCUT2D eigenvalue weighted by molar-refractivity contribution is -0.110. The molecule has 2 aromatic rings. The number of carbonyl (C=O) groups is 1. The quantitative estimate of drug-likeness (QED) is 0.793. The Hall–Kier alpha value is -1.39. The second-order valence-corrected chi connectivity index (χ2v) is 5.61. The topological polar surface area (TPSA) is 29.1 Å². The van der Waals surface area contributed by atoms with Crippen LogP contribution in [0, 0.1) is 0 Å². The Balaban J connectivity index is 2.13. The van der Waals surface area contributed by atoms with E-state index >= 15 is 0 Å². The van der Waals surface area contributed by atoms with Gasteiger partial charge in [-0.3, -0.25) is 4.79 Å². The molecule has 0 radical (unpaired) electrons. The third-order valence-corrected chi connectivity index (χ3v) is 3.91. The highest BCUT2D eigenvalue weighted by molar-refractivity contribution is 9.10.